The lowest BCUT2D eigenvalue weighted by Crippen LogP contribution is -2.23. The summed E-state index contributed by atoms with van der Waals surface area (Å²) in [6.07, 6.45) is 2.88. The number of anilines is 2. The summed E-state index contributed by atoms with van der Waals surface area (Å²) in [5, 5.41) is 18.9. The number of halogens is 5. The van der Waals surface area contributed by atoms with Crippen LogP contribution in [0.4, 0.5) is 30.9 Å². The number of amides is 1. The van der Waals surface area contributed by atoms with Gasteiger partial charge < -0.3 is 15.3 Å². The fourth-order valence-electron chi connectivity index (χ4n) is 3.37. The van der Waals surface area contributed by atoms with Crippen molar-refractivity contribution >= 4 is 27.6 Å². The summed E-state index contributed by atoms with van der Waals surface area (Å²) < 4.78 is 64.3. The highest BCUT2D eigenvalue weighted by atomic mass is 32.5. The van der Waals surface area contributed by atoms with Crippen molar-refractivity contribution in [3.05, 3.63) is 54.4 Å². The summed E-state index contributed by atoms with van der Waals surface area (Å²) in [4.78, 5) is 16.8. The molecule has 1 aliphatic heterocycles. The van der Waals surface area contributed by atoms with Gasteiger partial charge in [-0.3, -0.25) is 9.89 Å². The quantitative estimate of drug-likeness (QED) is 0.454. The number of pyridine rings is 1. The van der Waals surface area contributed by atoms with Crippen LogP contribution < -0.4 is 10.2 Å². The van der Waals surface area contributed by atoms with Crippen LogP contribution in [0, 0.1) is 0 Å². The van der Waals surface area contributed by atoms with Gasteiger partial charge in [0.1, 0.15) is 10.7 Å². The smallest absolute Gasteiger partial charge is 0.310 e. The molecule has 1 saturated heterocycles. The van der Waals surface area contributed by atoms with Gasteiger partial charge in [0.05, 0.1) is 17.4 Å². The van der Waals surface area contributed by atoms with Crippen LogP contribution in [0.5, 0.6) is 0 Å². The summed E-state index contributed by atoms with van der Waals surface area (Å²) in [7, 11) is -9.79. The highest BCUT2D eigenvalue weighted by molar-refractivity contribution is 8.45. The zero-order valence-corrected chi connectivity index (χ0v) is 17.1. The number of hydrogen-bond donors (Lipinski definition) is 3. The molecule has 2 aromatic heterocycles. The summed E-state index contributed by atoms with van der Waals surface area (Å²) >= 11 is 0. The minimum Gasteiger partial charge on any atom is -0.391 e. The molecular formula is C19H18F5N5O2S. The largest absolute Gasteiger partial charge is 0.391 e. The maximum atomic E-state index is 12.9. The Kier molecular flexibility index (Phi) is 4.75. The molecule has 4 rings (SSSR count). The van der Waals surface area contributed by atoms with Crippen molar-refractivity contribution in [3.8, 4) is 11.3 Å². The van der Waals surface area contributed by atoms with Gasteiger partial charge in [-0.2, -0.15) is 5.10 Å². The fraction of sp³-hybridized carbons (Fsp3) is 0.211. The summed E-state index contributed by atoms with van der Waals surface area (Å²) in [5.41, 5.74) is 1.12. The molecule has 7 nitrogen and oxygen atoms in total. The number of carbonyl (C=O) groups is 1. The standard InChI is InChI=1S/C19H18F5N5O2S/c20-32(21,22,23,24)15-3-1-13(2-4-15)27-19(31)12-9-16(17-5-7-26-28-17)18(25-10-12)29-8-6-14(30)11-29/h1-5,7,9-10,14,30H,6,8,11H2,(H,26,28)(H,27,31)/t14-/m1/s1. The number of aromatic nitrogens is 3. The Labute approximate surface area is 179 Å². The minimum absolute atomic E-state index is 0.0876. The van der Waals surface area contributed by atoms with Gasteiger partial charge in [-0.05, 0) is 42.8 Å². The Morgan fingerprint density at radius 2 is 1.88 bits per heavy atom. The number of nitrogens with zero attached hydrogens (tertiary/aromatic N) is 3. The monoisotopic (exact) mass is 475 g/mol. The van der Waals surface area contributed by atoms with E-state index in [9.17, 15) is 29.3 Å². The van der Waals surface area contributed by atoms with E-state index in [1.54, 1.807) is 6.07 Å². The van der Waals surface area contributed by atoms with Gasteiger partial charge in [-0.1, -0.05) is 19.4 Å². The number of β-amino-alcohol motifs (C(OH)–C–C–N with tert-alkyl or cyclic N) is 1. The lowest BCUT2D eigenvalue weighted by atomic mass is 10.1. The predicted molar refractivity (Wildman–Crippen MR) is 110 cm³/mol. The Bertz CT molecular complexity index is 1150. The normalized spacial score (nSPS) is 18.8. The van der Waals surface area contributed by atoms with E-state index in [0.717, 1.165) is 12.1 Å². The van der Waals surface area contributed by atoms with E-state index >= 15 is 0 Å². The van der Waals surface area contributed by atoms with Gasteiger partial charge >= 0.3 is 10.2 Å². The molecule has 1 aromatic carbocycles. The summed E-state index contributed by atoms with van der Waals surface area (Å²) in [5.74, 6) is -0.158. The third-order valence-corrected chi connectivity index (χ3v) is 6.10. The second-order valence-corrected chi connectivity index (χ2v) is 9.81. The molecular weight excluding hydrogens is 457 g/mol. The lowest BCUT2D eigenvalue weighted by Gasteiger charge is -2.40. The van der Waals surface area contributed by atoms with Crippen molar-refractivity contribution in [2.75, 3.05) is 23.3 Å². The molecule has 13 heteroatoms. The molecule has 172 valence electrons. The summed E-state index contributed by atoms with van der Waals surface area (Å²) in [6, 6.07) is 5.18. The van der Waals surface area contributed by atoms with E-state index < -0.39 is 27.1 Å². The lowest BCUT2D eigenvalue weighted by molar-refractivity contribution is 0.102. The van der Waals surface area contributed by atoms with Gasteiger partial charge in [-0.25, -0.2) is 4.98 Å². The highest BCUT2D eigenvalue weighted by Gasteiger charge is 2.65. The van der Waals surface area contributed by atoms with Gasteiger partial charge in [-0.15, -0.1) is 0 Å². The molecule has 1 fully saturated rings. The second kappa shape index (κ2) is 6.90. The SMILES string of the molecule is O=C(Nc1ccc(S(F)(F)(F)(F)F)cc1)c1cnc(N2CC[C@@H](O)C2)c(-c2ccn[nH]2)c1. The number of benzene rings is 1. The molecule has 32 heavy (non-hydrogen) atoms. The van der Waals surface area contributed by atoms with E-state index in [2.05, 4.69) is 20.5 Å². The second-order valence-electron chi connectivity index (χ2n) is 7.40. The topological polar surface area (TPSA) is 94.1 Å². The van der Waals surface area contributed by atoms with Crippen LogP contribution in [0.15, 0.2) is 53.7 Å². The van der Waals surface area contributed by atoms with Crippen LogP contribution in [-0.2, 0) is 0 Å². The molecule has 1 aliphatic rings. The van der Waals surface area contributed by atoms with Crippen LogP contribution in [0.2, 0.25) is 0 Å². The molecule has 0 unspecified atom stereocenters. The number of aliphatic hydroxyl groups excluding tert-OH is 1. The van der Waals surface area contributed by atoms with Crippen molar-refractivity contribution in [1.29, 1.82) is 0 Å². The van der Waals surface area contributed by atoms with Crippen LogP contribution in [0.1, 0.15) is 16.8 Å². The third-order valence-electron chi connectivity index (χ3n) is 4.94. The molecule has 0 spiro atoms. The Morgan fingerprint density at radius 1 is 1.16 bits per heavy atom. The Balaban J connectivity index is 1.60. The molecule has 1 amide bonds. The average Bonchev–Trinajstić information content (AvgIpc) is 3.38. The first-order chi connectivity index (χ1) is 14.8. The first-order valence-electron chi connectivity index (χ1n) is 9.38. The predicted octanol–water partition coefficient (Wildman–Crippen LogP) is 4.95. The van der Waals surface area contributed by atoms with Crippen LogP contribution >= 0.6 is 10.2 Å². The maximum Gasteiger partial charge on any atom is 0.310 e. The van der Waals surface area contributed by atoms with E-state index in [1.165, 1.54) is 18.5 Å². The van der Waals surface area contributed by atoms with Gasteiger partial charge in [0.15, 0.2) is 0 Å². The first kappa shape index (κ1) is 22.0. The molecule has 0 aliphatic carbocycles. The maximum absolute atomic E-state index is 12.9. The van der Waals surface area contributed by atoms with Gasteiger partial charge in [0.25, 0.3) is 5.91 Å². The third kappa shape index (κ3) is 4.67. The number of nitrogens with one attached hydrogen (secondary N) is 2. The molecule has 3 heterocycles. The molecule has 3 aromatic rings. The molecule has 0 saturated carbocycles. The molecule has 0 radical (unpaired) electrons. The minimum atomic E-state index is -9.79. The highest BCUT2D eigenvalue weighted by Crippen LogP contribution is 3.02. The van der Waals surface area contributed by atoms with E-state index in [-0.39, 0.29) is 23.4 Å². The molecule has 3 N–H and O–H groups in total. The molecule has 0 bridgehead atoms. The number of hydrogen-bond acceptors (Lipinski definition) is 5. The van der Waals surface area contributed by atoms with E-state index in [4.69, 9.17) is 0 Å². The van der Waals surface area contributed by atoms with Gasteiger partial charge in [0, 0.05) is 36.7 Å². The van der Waals surface area contributed by atoms with E-state index in [0.29, 0.717) is 36.6 Å². The Hall–Kier alpha value is -3.19. The van der Waals surface area contributed by atoms with Gasteiger partial charge in [0.2, 0.25) is 0 Å². The van der Waals surface area contributed by atoms with Crippen molar-refractivity contribution in [2.45, 2.75) is 17.4 Å². The van der Waals surface area contributed by atoms with Crippen LogP contribution in [0.3, 0.4) is 0 Å². The number of aliphatic hydroxyl groups is 1. The summed E-state index contributed by atoms with van der Waals surface area (Å²) in [6.45, 7) is 0.942. The number of aromatic amines is 1. The number of H-pyrrole nitrogens is 1. The number of carbonyl (C=O) groups excluding carboxylic acids is 1. The van der Waals surface area contributed by atoms with Crippen LogP contribution in [-0.4, -0.2) is 45.4 Å². The zero-order chi connectivity index (χ0) is 23.2. The van der Waals surface area contributed by atoms with Crippen molar-refractivity contribution in [2.24, 2.45) is 0 Å². The van der Waals surface area contributed by atoms with Crippen molar-refractivity contribution < 1.29 is 29.3 Å². The van der Waals surface area contributed by atoms with Crippen molar-refractivity contribution in [1.82, 2.24) is 15.2 Å². The van der Waals surface area contributed by atoms with Crippen molar-refractivity contribution in [3.63, 3.8) is 0 Å². The zero-order valence-electron chi connectivity index (χ0n) is 16.3. The number of rotatable bonds is 5. The fourth-order valence-corrected chi connectivity index (χ4v) is 4.02. The van der Waals surface area contributed by atoms with Crippen LogP contribution in [0.25, 0.3) is 11.3 Å². The molecule has 1 atom stereocenters. The first-order valence-corrected chi connectivity index (χ1v) is 11.3. The van der Waals surface area contributed by atoms with E-state index in [1.807, 2.05) is 4.90 Å². The Morgan fingerprint density at radius 3 is 2.44 bits per heavy atom. The average molecular weight is 475 g/mol.